The van der Waals surface area contributed by atoms with Gasteiger partial charge in [-0.3, -0.25) is 14.2 Å². The van der Waals surface area contributed by atoms with Gasteiger partial charge in [0.2, 0.25) is 5.91 Å². The molecule has 0 unspecified atom stereocenters. The molecule has 1 aliphatic rings. The van der Waals surface area contributed by atoms with Crippen molar-refractivity contribution in [3.8, 4) is 5.69 Å². The molecule has 0 spiro atoms. The Hall–Kier alpha value is -2.35. The molecule has 0 saturated carbocycles. The van der Waals surface area contributed by atoms with Gasteiger partial charge in [-0.1, -0.05) is 41.6 Å². The lowest BCUT2D eigenvalue weighted by Gasteiger charge is -2.32. The zero-order valence-corrected chi connectivity index (χ0v) is 18.5. The van der Waals surface area contributed by atoms with Crippen LogP contribution in [0.2, 0.25) is 5.02 Å². The van der Waals surface area contributed by atoms with Gasteiger partial charge in [0.1, 0.15) is 0 Å². The number of amides is 1. The molecule has 0 radical (unpaired) electrons. The number of hydrogen-bond acceptors (Lipinski definition) is 5. The summed E-state index contributed by atoms with van der Waals surface area (Å²) in [5.41, 5.74) is 2.09. The fraction of sp³-hybridized carbons (Fsp3) is 0.318. The van der Waals surface area contributed by atoms with Crippen LogP contribution in [0.5, 0.6) is 0 Å². The number of aromatic nitrogens is 2. The van der Waals surface area contributed by atoms with Crippen LogP contribution in [0.4, 0.5) is 0 Å². The van der Waals surface area contributed by atoms with Crippen molar-refractivity contribution in [2.45, 2.75) is 12.1 Å². The molecule has 4 rings (SSSR count). The Morgan fingerprint density at radius 3 is 2.60 bits per heavy atom. The second kappa shape index (κ2) is 8.79. The minimum atomic E-state index is -0.166. The molecule has 2 heterocycles. The summed E-state index contributed by atoms with van der Waals surface area (Å²) >= 11 is 7.42. The van der Waals surface area contributed by atoms with Gasteiger partial charge in [-0.15, -0.1) is 0 Å². The lowest BCUT2D eigenvalue weighted by molar-refractivity contribution is -0.129. The van der Waals surface area contributed by atoms with Crippen molar-refractivity contribution in [1.82, 2.24) is 19.4 Å². The van der Waals surface area contributed by atoms with Crippen LogP contribution in [0.15, 0.2) is 52.4 Å². The number of carbonyl (C=O) groups excluding carboxylic acids is 1. The zero-order valence-electron chi connectivity index (χ0n) is 17.0. The van der Waals surface area contributed by atoms with E-state index < -0.39 is 0 Å². The largest absolute Gasteiger partial charge is 0.339 e. The van der Waals surface area contributed by atoms with Gasteiger partial charge in [0, 0.05) is 31.2 Å². The topological polar surface area (TPSA) is 58.4 Å². The van der Waals surface area contributed by atoms with Crippen LogP contribution in [0, 0.1) is 6.92 Å². The monoisotopic (exact) mass is 442 g/mol. The number of halogens is 1. The Labute approximate surface area is 184 Å². The first-order valence-corrected chi connectivity index (χ1v) is 11.2. The first kappa shape index (κ1) is 20.9. The molecule has 1 aromatic heterocycles. The third kappa shape index (κ3) is 4.24. The highest BCUT2D eigenvalue weighted by molar-refractivity contribution is 7.99. The number of carbonyl (C=O) groups is 1. The normalized spacial score (nSPS) is 15.0. The van der Waals surface area contributed by atoms with Gasteiger partial charge in [0.15, 0.2) is 5.16 Å². The molecule has 1 amide bonds. The number of likely N-dealkylation sites (N-methyl/N-ethyl adjacent to an activating group) is 1. The van der Waals surface area contributed by atoms with Crippen molar-refractivity contribution in [2.75, 3.05) is 39.0 Å². The highest BCUT2D eigenvalue weighted by Crippen LogP contribution is 2.25. The molecule has 1 saturated heterocycles. The van der Waals surface area contributed by atoms with Crippen molar-refractivity contribution >= 4 is 40.2 Å². The van der Waals surface area contributed by atoms with Gasteiger partial charge in [-0.05, 0) is 43.8 Å². The predicted octanol–water partition coefficient (Wildman–Crippen LogP) is 3.21. The molecule has 1 aliphatic heterocycles. The van der Waals surface area contributed by atoms with Crippen molar-refractivity contribution in [2.24, 2.45) is 0 Å². The number of benzene rings is 2. The number of hydrogen-bond donors (Lipinski definition) is 0. The minimum Gasteiger partial charge on any atom is -0.339 e. The quantitative estimate of drug-likeness (QED) is 0.458. The van der Waals surface area contributed by atoms with Crippen LogP contribution in [-0.4, -0.2) is 64.2 Å². The van der Waals surface area contributed by atoms with E-state index in [1.54, 1.807) is 22.8 Å². The number of para-hydroxylation sites is 1. The minimum absolute atomic E-state index is 0.0601. The fourth-order valence-corrected chi connectivity index (χ4v) is 4.61. The van der Waals surface area contributed by atoms with Crippen molar-refractivity contribution in [3.63, 3.8) is 0 Å². The van der Waals surface area contributed by atoms with E-state index in [0.29, 0.717) is 21.1 Å². The molecule has 30 heavy (non-hydrogen) atoms. The highest BCUT2D eigenvalue weighted by Gasteiger charge is 2.21. The maximum Gasteiger partial charge on any atom is 0.266 e. The molecule has 0 bridgehead atoms. The van der Waals surface area contributed by atoms with Crippen LogP contribution in [0.25, 0.3) is 16.6 Å². The van der Waals surface area contributed by atoms with E-state index in [4.69, 9.17) is 16.6 Å². The Balaban J connectivity index is 1.72. The van der Waals surface area contributed by atoms with E-state index in [-0.39, 0.29) is 17.2 Å². The van der Waals surface area contributed by atoms with Gasteiger partial charge in [0.25, 0.3) is 5.56 Å². The number of rotatable bonds is 4. The van der Waals surface area contributed by atoms with Gasteiger partial charge in [-0.25, -0.2) is 4.98 Å². The maximum atomic E-state index is 13.4. The van der Waals surface area contributed by atoms with Gasteiger partial charge >= 0.3 is 0 Å². The van der Waals surface area contributed by atoms with E-state index in [9.17, 15) is 9.59 Å². The van der Waals surface area contributed by atoms with Crippen molar-refractivity contribution < 1.29 is 4.79 Å². The Morgan fingerprint density at radius 1 is 1.13 bits per heavy atom. The smallest absolute Gasteiger partial charge is 0.266 e. The summed E-state index contributed by atoms with van der Waals surface area (Å²) in [4.78, 5) is 34.9. The van der Waals surface area contributed by atoms with Crippen LogP contribution in [0.1, 0.15) is 5.56 Å². The van der Waals surface area contributed by atoms with E-state index in [1.807, 2.05) is 36.1 Å². The van der Waals surface area contributed by atoms with E-state index in [0.717, 1.165) is 37.4 Å². The second-order valence-corrected chi connectivity index (χ2v) is 8.83. The second-order valence-electron chi connectivity index (χ2n) is 7.46. The summed E-state index contributed by atoms with van der Waals surface area (Å²) in [7, 11) is 2.06. The van der Waals surface area contributed by atoms with E-state index in [2.05, 4.69) is 11.9 Å². The summed E-state index contributed by atoms with van der Waals surface area (Å²) in [6.45, 7) is 5.15. The molecule has 0 N–H and O–H groups in total. The lowest BCUT2D eigenvalue weighted by atomic mass is 10.2. The SMILES string of the molecule is Cc1ccccc1-n1c(SCC(=O)N2CCN(C)CC2)nc2cc(Cl)ccc2c1=O. The van der Waals surface area contributed by atoms with Crippen LogP contribution < -0.4 is 5.56 Å². The first-order chi connectivity index (χ1) is 14.4. The summed E-state index contributed by atoms with van der Waals surface area (Å²) < 4.78 is 1.60. The average molecular weight is 443 g/mol. The van der Waals surface area contributed by atoms with Crippen LogP contribution in [-0.2, 0) is 4.79 Å². The van der Waals surface area contributed by atoms with E-state index >= 15 is 0 Å². The molecule has 1 fully saturated rings. The summed E-state index contributed by atoms with van der Waals surface area (Å²) in [6.07, 6.45) is 0. The Bertz CT molecular complexity index is 1160. The molecule has 0 atom stereocenters. The van der Waals surface area contributed by atoms with Gasteiger partial charge < -0.3 is 9.80 Å². The van der Waals surface area contributed by atoms with Gasteiger partial charge in [0.05, 0.1) is 22.3 Å². The number of thioether (sulfide) groups is 1. The molecule has 6 nitrogen and oxygen atoms in total. The summed E-state index contributed by atoms with van der Waals surface area (Å²) in [5, 5.41) is 1.51. The first-order valence-electron chi connectivity index (χ1n) is 9.81. The molecule has 3 aromatic rings. The Kier molecular flexibility index (Phi) is 6.13. The van der Waals surface area contributed by atoms with Gasteiger partial charge in [-0.2, -0.15) is 0 Å². The molecule has 2 aromatic carbocycles. The standard InChI is InChI=1S/C22H23ClN4O2S/c1-15-5-3-4-6-19(15)27-21(29)17-8-7-16(23)13-18(17)24-22(27)30-14-20(28)26-11-9-25(2)10-12-26/h3-8,13H,9-12,14H2,1-2H3. The number of aryl methyl sites for hydroxylation is 1. The van der Waals surface area contributed by atoms with Crippen LogP contribution in [0.3, 0.4) is 0 Å². The highest BCUT2D eigenvalue weighted by atomic mass is 35.5. The molecular weight excluding hydrogens is 420 g/mol. The van der Waals surface area contributed by atoms with E-state index in [1.165, 1.54) is 11.8 Å². The summed E-state index contributed by atoms with van der Waals surface area (Å²) in [6, 6.07) is 12.8. The number of fused-ring (bicyclic) bond motifs is 1. The molecule has 0 aliphatic carbocycles. The van der Waals surface area contributed by atoms with Crippen molar-refractivity contribution in [3.05, 3.63) is 63.4 Å². The third-order valence-corrected chi connectivity index (χ3v) is 6.50. The number of piperazine rings is 1. The molecule has 156 valence electrons. The lowest BCUT2D eigenvalue weighted by Crippen LogP contribution is -2.47. The van der Waals surface area contributed by atoms with Crippen LogP contribution >= 0.6 is 23.4 Å². The average Bonchev–Trinajstić information content (AvgIpc) is 2.73. The Morgan fingerprint density at radius 2 is 1.87 bits per heavy atom. The molecular formula is C22H23ClN4O2S. The number of nitrogens with zero attached hydrogens (tertiary/aromatic N) is 4. The predicted molar refractivity (Wildman–Crippen MR) is 122 cm³/mol. The van der Waals surface area contributed by atoms with Crippen molar-refractivity contribution in [1.29, 1.82) is 0 Å². The molecule has 8 heteroatoms. The third-order valence-electron chi connectivity index (χ3n) is 5.34. The maximum absolute atomic E-state index is 13.4. The fourth-order valence-electron chi connectivity index (χ4n) is 3.54. The summed E-state index contributed by atoms with van der Waals surface area (Å²) in [5.74, 6) is 0.290. The zero-order chi connectivity index (χ0) is 21.3.